The van der Waals surface area contributed by atoms with Gasteiger partial charge in [-0.1, -0.05) is 24.3 Å². The second kappa shape index (κ2) is 3.45. The van der Waals surface area contributed by atoms with Crippen molar-refractivity contribution in [2.45, 2.75) is 5.92 Å². The molecule has 0 radical (unpaired) electrons. The molecule has 78 valence electrons. The van der Waals surface area contributed by atoms with Crippen LogP contribution in [0.3, 0.4) is 0 Å². The van der Waals surface area contributed by atoms with Gasteiger partial charge in [-0.3, -0.25) is 0 Å². The maximum atomic E-state index is 11.3. The summed E-state index contributed by atoms with van der Waals surface area (Å²) >= 11 is 0. The van der Waals surface area contributed by atoms with Crippen LogP contribution in [0.1, 0.15) is 22.9 Å². The van der Waals surface area contributed by atoms with Gasteiger partial charge < -0.3 is 9.36 Å². The molecule has 1 aliphatic heterocycles. The van der Waals surface area contributed by atoms with Gasteiger partial charge in [-0.05, 0) is 17.2 Å². The van der Waals surface area contributed by atoms with Crippen LogP contribution in [0.5, 0.6) is 0 Å². The van der Waals surface area contributed by atoms with Crippen molar-refractivity contribution >= 4 is 18.6 Å². The molecule has 0 saturated carbocycles. The van der Waals surface area contributed by atoms with Gasteiger partial charge >= 0.3 is 0 Å². The molecule has 1 aromatic carbocycles. The lowest BCUT2D eigenvalue weighted by Crippen LogP contribution is -2.07. The summed E-state index contributed by atoms with van der Waals surface area (Å²) in [6, 6.07) is 7.90. The van der Waals surface area contributed by atoms with Gasteiger partial charge in [0, 0.05) is 18.6 Å². The maximum absolute atomic E-state index is 11.3. The van der Waals surface area contributed by atoms with Crippen molar-refractivity contribution in [1.82, 2.24) is 9.55 Å². The van der Waals surface area contributed by atoms with E-state index in [0.29, 0.717) is 0 Å². The van der Waals surface area contributed by atoms with Gasteiger partial charge in [0.15, 0.2) is 0 Å². The molecule has 16 heavy (non-hydrogen) atoms. The van der Waals surface area contributed by atoms with E-state index in [1.807, 2.05) is 47.3 Å². The number of carbonyl (C=O) groups excluding carboxylic acids is 1. The van der Waals surface area contributed by atoms with Gasteiger partial charge in [-0.25, -0.2) is 4.98 Å². The average Bonchev–Trinajstić information content (AvgIpc) is 2.72. The SMILES string of the molecule is O=CC1c2ccccc2C=Cn2ccnc21. The van der Waals surface area contributed by atoms with E-state index in [1.165, 1.54) is 0 Å². The van der Waals surface area contributed by atoms with Crippen LogP contribution in [0, 0.1) is 0 Å². The van der Waals surface area contributed by atoms with E-state index >= 15 is 0 Å². The van der Waals surface area contributed by atoms with E-state index in [1.54, 1.807) is 6.20 Å². The van der Waals surface area contributed by atoms with Crippen molar-refractivity contribution in [3.63, 3.8) is 0 Å². The standard InChI is InChI=1S/C13H10N2O/c16-9-12-11-4-2-1-3-10(11)5-7-15-8-6-14-13(12)15/h1-9,12H. The van der Waals surface area contributed by atoms with Crippen molar-refractivity contribution in [3.05, 3.63) is 53.6 Å². The first-order valence-corrected chi connectivity index (χ1v) is 5.15. The number of aromatic nitrogens is 2. The molecule has 1 aliphatic rings. The second-order valence-corrected chi connectivity index (χ2v) is 3.75. The fourth-order valence-corrected chi connectivity index (χ4v) is 2.07. The Hall–Kier alpha value is -2.16. The molecule has 0 bridgehead atoms. The maximum Gasteiger partial charge on any atom is 0.135 e. The molecular weight excluding hydrogens is 200 g/mol. The highest BCUT2D eigenvalue weighted by Gasteiger charge is 2.21. The number of rotatable bonds is 1. The topological polar surface area (TPSA) is 34.9 Å². The molecule has 3 nitrogen and oxygen atoms in total. The number of hydrogen-bond donors (Lipinski definition) is 0. The quantitative estimate of drug-likeness (QED) is 0.676. The monoisotopic (exact) mass is 210 g/mol. The highest BCUT2D eigenvalue weighted by molar-refractivity contribution is 5.75. The van der Waals surface area contributed by atoms with E-state index < -0.39 is 0 Å². The van der Waals surface area contributed by atoms with Gasteiger partial charge in [0.1, 0.15) is 12.1 Å². The first-order valence-electron chi connectivity index (χ1n) is 5.15. The molecule has 3 heteroatoms. The summed E-state index contributed by atoms with van der Waals surface area (Å²) in [4.78, 5) is 15.5. The Balaban J connectivity index is 2.28. The van der Waals surface area contributed by atoms with Gasteiger partial charge in [-0.15, -0.1) is 0 Å². The summed E-state index contributed by atoms with van der Waals surface area (Å²) in [5.41, 5.74) is 2.09. The Morgan fingerprint density at radius 1 is 1.31 bits per heavy atom. The lowest BCUT2D eigenvalue weighted by molar-refractivity contribution is -0.108. The normalized spacial score (nSPS) is 17.4. The Morgan fingerprint density at radius 2 is 2.19 bits per heavy atom. The number of nitrogens with zero attached hydrogens (tertiary/aromatic N) is 2. The highest BCUT2D eigenvalue weighted by Crippen LogP contribution is 2.28. The average molecular weight is 210 g/mol. The minimum absolute atomic E-state index is 0.277. The summed E-state index contributed by atoms with van der Waals surface area (Å²) in [6.07, 6.45) is 8.46. The van der Waals surface area contributed by atoms with Crippen molar-refractivity contribution in [2.75, 3.05) is 0 Å². The number of fused-ring (bicyclic) bond motifs is 2. The first kappa shape index (κ1) is 9.09. The summed E-state index contributed by atoms with van der Waals surface area (Å²) in [6.45, 7) is 0. The Morgan fingerprint density at radius 3 is 3.06 bits per heavy atom. The van der Waals surface area contributed by atoms with Crippen molar-refractivity contribution in [3.8, 4) is 0 Å². The van der Waals surface area contributed by atoms with E-state index in [9.17, 15) is 4.79 Å². The molecule has 2 heterocycles. The molecule has 0 aliphatic carbocycles. The number of imidazole rings is 1. The van der Waals surface area contributed by atoms with Crippen LogP contribution in [-0.4, -0.2) is 15.8 Å². The lowest BCUT2D eigenvalue weighted by atomic mass is 9.95. The molecule has 0 fully saturated rings. The third kappa shape index (κ3) is 1.21. The molecular formula is C13H10N2O. The zero-order valence-electron chi connectivity index (χ0n) is 8.58. The first-order chi connectivity index (χ1) is 7.90. The molecule has 0 saturated heterocycles. The van der Waals surface area contributed by atoms with Gasteiger partial charge in [0.25, 0.3) is 0 Å². The van der Waals surface area contributed by atoms with Crippen LogP contribution in [-0.2, 0) is 4.79 Å². The zero-order valence-corrected chi connectivity index (χ0v) is 8.58. The Bertz CT molecular complexity index is 569. The van der Waals surface area contributed by atoms with E-state index in [0.717, 1.165) is 23.2 Å². The third-order valence-corrected chi connectivity index (χ3v) is 2.86. The molecule has 1 unspecified atom stereocenters. The summed E-state index contributed by atoms with van der Waals surface area (Å²) in [7, 11) is 0. The molecule has 1 aromatic heterocycles. The fourth-order valence-electron chi connectivity index (χ4n) is 2.07. The fraction of sp³-hybridized carbons (Fsp3) is 0.0769. The zero-order chi connectivity index (χ0) is 11.0. The van der Waals surface area contributed by atoms with Gasteiger partial charge in [-0.2, -0.15) is 0 Å². The molecule has 1 atom stereocenters. The predicted molar refractivity (Wildman–Crippen MR) is 61.8 cm³/mol. The van der Waals surface area contributed by atoms with Crippen LogP contribution in [0.25, 0.3) is 12.3 Å². The van der Waals surface area contributed by atoms with Gasteiger partial charge in [0.2, 0.25) is 0 Å². The van der Waals surface area contributed by atoms with Crippen LogP contribution in [0.4, 0.5) is 0 Å². The highest BCUT2D eigenvalue weighted by atomic mass is 16.1. The molecule has 3 rings (SSSR count). The van der Waals surface area contributed by atoms with E-state index in [4.69, 9.17) is 0 Å². The summed E-state index contributed by atoms with van der Waals surface area (Å²) in [5.74, 6) is 0.498. The van der Waals surface area contributed by atoms with Gasteiger partial charge in [0.05, 0.1) is 5.92 Å². The summed E-state index contributed by atoms with van der Waals surface area (Å²) < 4.78 is 1.89. The number of benzene rings is 1. The van der Waals surface area contributed by atoms with Crippen molar-refractivity contribution in [2.24, 2.45) is 0 Å². The molecule has 0 spiro atoms. The van der Waals surface area contributed by atoms with Crippen molar-refractivity contribution < 1.29 is 4.79 Å². The van der Waals surface area contributed by atoms with Crippen LogP contribution in [0.2, 0.25) is 0 Å². The minimum Gasteiger partial charge on any atom is -0.310 e. The largest absolute Gasteiger partial charge is 0.310 e. The summed E-state index contributed by atoms with van der Waals surface area (Å²) in [5, 5.41) is 0. The number of carbonyl (C=O) groups is 1. The van der Waals surface area contributed by atoms with Crippen LogP contribution >= 0.6 is 0 Å². The number of aldehydes is 1. The van der Waals surface area contributed by atoms with E-state index in [2.05, 4.69) is 4.98 Å². The Kier molecular flexibility index (Phi) is 1.96. The third-order valence-electron chi connectivity index (χ3n) is 2.86. The Labute approximate surface area is 93.1 Å². The molecule has 0 N–H and O–H groups in total. The van der Waals surface area contributed by atoms with Crippen LogP contribution in [0.15, 0.2) is 36.7 Å². The van der Waals surface area contributed by atoms with Crippen LogP contribution < -0.4 is 0 Å². The smallest absolute Gasteiger partial charge is 0.135 e. The van der Waals surface area contributed by atoms with E-state index in [-0.39, 0.29) is 5.92 Å². The minimum atomic E-state index is -0.277. The molecule has 0 amide bonds. The number of hydrogen-bond acceptors (Lipinski definition) is 2. The second-order valence-electron chi connectivity index (χ2n) is 3.75. The lowest BCUT2D eigenvalue weighted by Gasteiger charge is -2.10. The molecule has 2 aromatic rings. The predicted octanol–water partition coefficient (Wildman–Crippen LogP) is 2.16. The van der Waals surface area contributed by atoms with Crippen molar-refractivity contribution in [1.29, 1.82) is 0 Å².